The number of quaternary nitrogens is 1. The van der Waals surface area contributed by atoms with Crippen LogP contribution in [0.3, 0.4) is 0 Å². The van der Waals surface area contributed by atoms with Crippen LogP contribution in [-0.2, 0) is 27.9 Å². The highest BCUT2D eigenvalue weighted by molar-refractivity contribution is 7.90. The zero-order valence-corrected chi connectivity index (χ0v) is 17.0. The summed E-state index contributed by atoms with van der Waals surface area (Å²) in [7, 11) is -3.59. The van der Waals surface area contributed by atoms with Crippen molar-refractivity contribution in [1.82, 2.24) is 10.0 Å². The van der Waals surface area contributed by atoms with E-state index in [1.54, 1.807) is 23.1 Å². The number of carbonyl (C=O) groups excluding carboxylic acids is 1. The molecule has 29 heavy (non-hydrogen) atoms. The molecule has 2 aliphatic rings. The standard InChI is InChI=1S/C21H24N4O3S/c26-20(14-23-21-18-9-3-4-10-19(18)29(27,28)24-21)22-13-16-7-1-2-8-17(16)15-25-11-5-6-12-25/h1-4,7-10H,5-6,11-15H2,(H,22,26)(H,23,24)/p+1. The summed E-state index contributed by atoms with van der Waals surface area (Å²) < 4.78 is 26.6. The molecule has 2 aromatic rings. The molecule has 1 fully saturated rings. The maximum absolute atomic E-state index is 12.3. The van der Waals surface area contributed by atoms with Gasteiger partial charge < -0.3 is 10.2 Å². The Hall–Kier alpha value is -2.71. The summed E-state index contributed by atoms with van der Waals surface area (Å²) in [6, 6.07) is 14.8. The highest BCUT2D eigenvalue weighted by Gasteiger charge is 2.30. The summed E-state index contributed by atoms with van der Waals surface area (Å²) >= 11 is 0. The number of amidine groups is 1. The Labute approximate surface area is 170 Å². The summed E-state index contributed by atoms with van der Waals surface area (Å²) in [4.78, 5) is 18.3. The van der Waals surface area contributed by atoms with Gasteiger partial charge in [-0.2, -0.15) is 0 Å². The van der Waals surface area contributed by atoms with Crippen LogP contribution in [0.25, 0.3) is 0 Å². The lowest BCUT2D eigenvalue weighted by molar-refractivity contribution is -0.901. The number of benzene rings is 2. The summed E-state index contributed by atoms with van der Waals surface area (Å²) in [6.07, 6.45) is 2.56. The van der Waals surface area contributed by atoms with Gasteiger partial charge in [0.05, 0.1) is 18.0 Å². The van der Waals surface area contributed by atoms with Gasteiger partial charge in [-0.25, -0.2) is 8.42 Å². The first kappa shape index (κ1) is 19.6. The monoisotopic (exact) mass is 413 g/mol. The predicted molar refractivity (Wildman–Crippen MR) is 110 cm³/mol. The first-order valence-corrected chi connectivity index (χ1v) is 11.3. The molecule has 0 aliphatic carbocycles. The first-order valence-electron chi connectivity index (χ1n) is 9.87. The Kier molecular flexibility index (Phi) is 5.64. The zero-order valence-electron chi connectivity index (χ0n) is 16.1. The number of fused-ring (bicyclic) bond motifs is 1. The highest BCUT2D eigenvalue weighted by Crippen LogP contribution is 2.22. The van der Waals surface area contributed by atoms with E-state index >= 15 is 0 Å². The van der Waals surface area contributed by atoms with Gasteiger partial charge in [0.15, 0.2) is 0 Å². The normalized spacial score (nSPS) is 19.1. The Bertz CT molecular complexity index is 1040. The van der Waals surface area contributed by atoms with Gasteiger partial charge in [0.2, 0.25) is 5.91 Å². The van der Waals surface area contributed by atoms with E-state index in [1.165, 1.54) is 37.6 Å². The van der Waals surface area contributed by atoms with Crippen molar-refractivity contribution in [3.63, 3.8) is 0 Å². The number of amides is 1. The molecule has 0 unspecified atom stereocenters. The maximum Gasteiger partial charge on any atom is 0.263 e. The van der Waals surface area contributed by atoms with Crippen molar-refractivity contribution >= 4 is 21.8 Å². The Morgan fingerprint density at radius 1 is 1.03 bits per heavy atom. The molecule has 4 rings (SSSR count). The summed E-state index contributed by atoms with van der Waals surface area (Å²) in [5, 5.41) is 2.90. The Morgan fingerprint density at radius 3 is 2.52 bits per heavy atom. The number of hydrogen-bond acceptors (Lipinski definition) is 4. The molecule has 0 atom stereocenters. The third-order valence-corrected chi connectivity index (χ3v) is 6.79. The molecule has 2 aliphatic heterocycles. The summed E-state index contributed by atoms with van der Waals surface area (Å²) in [5.41, 5.74) is 2.87. The predicted octanol–water partition coefficient (Wildman–Crippen LogP) is 0.220. The second-order valence-corrected chi connectivity index (χ2v) is 9.10. The molecule has 1 amide bonds. The van der Waals surface area contributed by atoms with E-state index in [9.17, 15) is 13.2 Å². The van der Waals surface area contributed by atoms with Gasteiger partial charge in [0, 0.05) is 30.5 Å². The minimum absolute atomic E-state index is 0.133. The smallest absolute Gasteiger partial charge is 0.263 e. The van der Waals surface area contributed by atoms with E-state index in [-0.39, 0.29) is 23.2 Å². The van der Waals surface area contributed by atoms with Crippen LogP contribution in [0.5, 0.6) is 0 Å². The second kappa shape index (κ2) is 8.34. The topological polar surface area (TPSA) is 92.1 Å². The zero-order chi connectivity index (χ0) is 20.3. The van der Waals surface area contributed by atoms with Crippen LogP contribution in [-0.4, -0.2) is 39.8 Å². The minimum Gasteiger partial charge on any atom is -0.350 e. The van der Waals surface area contributed by atoms with Crippen molar-refractivity contribution in [3.8, 4) is 0 Å². The quantitative estimate of drug-likeness (QED) is 0.633. The SMILES string of the molecule is O=C(CN=C1NS(=O)(=O)c2ccccc21)NCc1ccccc1C[NH+]1CCCC1. The molecule has 0 radical (unpaired) electrons. The van der Waals surface area contributed by atoms with Gasteiger partial charge in [0.1, 0.15) is 18.9 Å². The molecule has 1 saturated heterocycles. The van der Waals surface area contributed by atoms with E-state index in [4.69, 9.17) is 0 Å². The lowest BCUT2D eigenvalue weighted by Crippen LogP contribution is -3.08. The number of likely N-dealkylation sites (tertiary alicyclic amines) is 1. The fourth-order valence-electron chi connectivity index (χ4n) is 3.88. The molecule has 0 bridgehead atoms. The van der Waals surface area contributed by atoms with Crippen LogP contribution >= 0.6 is 0 Å². The molecular formula is C21H25N4O3S+. The van der Waals surface area contributed by atoms with Gasteiger partial charge in [-0.1, -0.05) is 36.4 Å². The third-order valence-electron chi connectivity index (χ3n) is 5.39. The van der Waals surface area contributed by atoms with Crippen molar-refractivity contribution in [2.24, 2.45) is 4.99 Å². The molecular weight excluding hydrogens is 388 g/mol. The molecule has 0 spiro atoms. The molecule has 2 heterocycles. The second-order valence-electron chi connectivity index (χ2n) is 7.45. The number of nitrogens with one attached hydrogen (secondary N) is 3. The molecule has 0 saturated carbocycles. The van der Waals surface area contributed by atoms with Crippen molar-refractivity contribution in [2.45, 2.75) is 30.8 Å². The average Bonchev–Trinajstić information content (AvgIpc) is 3.32. The number of sulfonamides is 1. The Balaban J connectivity index is 1.37. The van der Waals surface area contributed by atoms with Gasteiger partial charge >= 0.3 is 0 Å². The largest absolute Gasteiger partial charge is 0.350 e. The number of carbonyl (C=O) groups is 1. The number of aliphatic imine (C=N–C) groups is 1. The lowest BCUT2D eigenvalue weighted by atomic mass is 10.1. The van der Waals surface area contributed by atoms with E-state index in [0.29, 0.717) is 12.1 Å². The molecule has 2 aromatic carbocycles. The van der Waals surface area contributed by atoms with Crippen LogP contribution in [0.15, 0.2) is 58.4 Å². The van der Waals surface area contributed by atoms with Crippen LogP contribution < -0.4 is 14.9 Å². The van der Waals surface area contributed by atoms with E-state index < -0.39 is 10.0 Å². The van der Waals surface area contributed by atoms with Crippen LogP contribution in [0.2, 0.25) is 0 Å². The van der Waals surface area contributed by atoms with E-state index in [1.807, 2.05) is 18.2 Å². The fourth-order valence-corrected chi connectivity index (χ4v) is 5.13. The van der Waals surface area contributed by atoms with Gasteiger partial charge in [-0.15, -0.1) is 0 Å². The minimum atomic E-state index is -3.59. The first-order chi connectivity index (χ1) is 14.0. The van der Waals surface area contributed by atoms with Crippen LogP contribution in [0.1, 0.15) is 29.5 Å². The highest BCUT2D eigenvalue weighted by atomic mass is 32.2. The van der Waals surface area contributed by atoms with Gasteiger partial charge in [-0.3, -0.25) is 14.5 Å². The van der Waals surface area contributed by atoms with Gasteiger partial charge in [-0.05, 0) is 17.7 Å². The maximum atomic E-state index is 12.3. The summed E-state index contributed by atoms with van der Waals surface area (Å²) in [6.45, 7) is 3.69. The number of hydrogen-bond donors (Lipinski definition) is 3. The fraction of sp³-hybridized carbons (Fsp3) is 0.333. The van der Waals surface area contributed by atoms with Crippen LogP contribution in [0, 0.1) is 0 Å². The van der Waals surface area contributed by atoms with Crippen molar-refractivity contribution in [3.05, 3.63) is 65.2 Å². The van der Waals surface area contributed by atoms with Crippen LogP contribution in [0.4, 0.5) is 0 Å². The van der Waals surface area contributed by atoms with E-state index in [2.05, 4.69) is 21.1 Å². The third kappa shape index (κ3) is 4.49. The number of nitrogens with zero attached hydrogens (tertiary/aromatic N) is 1. The summed E-state index contributed by atoms with van der Waals surface area (Å²) in [5.74, 6) is -0.0295. The molecule has 3 N–H and O–H groups in total. The average molecular weight is 414 g/mol. The Morgan fingerprint density at radius 2 is 1.72 bits per heavy atom. The lowest BCUT2D eigenvalue weighted by Gasteiger charge is -2.15. The van der Waals surface area contributed by atoms with Gasteiger partial charge in [0.25, 0.3) is 10.0 Å². The number of rotatable bonds is 6. The molecule has 8 heteroatoms. The van der Waals surface area contributed by atoms with E-state index in [0.717, 1.165) is 12.1 Å². The molecule has 7 nitrogen and oxygen atoms in total. The van der Waals surface area contributed by atoms with Crippen molar-refractivity contribution < 1.29 is 18.1 Å². The molecule has 0 aromatic heterocycles. The van der Waals surface area contributed by atoms with Crippen molar-refractivity contribution in [1.29, 1.82) is 0 Å². The van der Waals surface area contributed by atoms with Crippen molar-refractivity contribution in [2.75, 3.05) is 19.6 Å². The molecule has 152 valence electrons.